The highest BCUT2D eigenvalue weighted by molar-refractivity contribution is 5.94. The molecule has 1 saturated carbocycles. The predicted octanol–water partition coefficient (Wildman–Crippen LogP) is 1.34. The van der Waals surface area contributed by atoms with Gasteiger partial charge < -0.3 is 14.4 Å². The number of hydrogen-bond donors (Lipinski definition) is 2. The smallest absolute Gasteiger partial charge is 0.274 e. The second-order valence-corrected chi connectivity index (χ2v) is 6.57. The van der Waals surface area contributed by atoms with Gasteiger partial charge in [-0.1, -0.05) is 6.07 Å². The normalized spacial score (nSPS) is 21.3. The molecular weight excluding hydrogens is 312 g/mol. The average Bonchev–Trinajstić information content (AvgIpc) is 3.39. The summed E-state index contributed by atoms with van der Waals surface area (Å²) < 4.78 is 11.0. The lowest BCUT2D eigenvalue weighted by Crippen LogP contribution is -2.45. The van der Waals surface area contributed by atoms with Crippen molar-refractivity contribution in [2.45, 2.75) is 32.4 Å². The number of carbonyl (C=O) groups excluding carboxylic acids is 2. The molecule has 2 aliphatic rings. The molecule has 1 aromatic carbocycles. The molecule has 0 radical (unpaired) electrons. The minimum atomic E-state index is -0.594. The summed E-state index contributed by atoms with van der Waals surface area (Å²) in [6, 6.07) is 4.88. The first kappa shape index (κ1) is 16.7. The van der Waals surface area contributed by atoms with Crippen molar-refractivity contribution in [2.75, 3.05) is 20.3 Å². The van der Waals surface area contributed by atoms with Gasteiger partial charge in [-0.15, -0.1) is 0 Å². The third-order valence-electron chi connectivity index (χ3n) is 4.77. The first-order chi connectivity index (χ1) is 11.5. The number of rotatable bonds is 4. The van der Waals surface area contributed by atoms with Crippen LogP contribution in [0.25, 0.3) is 0 Å². The van der Waals surface area contributed by atoms with Gasteiger partial charge in [0.1, 0.15) is 12.4 Å². The second-order valence-electron chi connectivity index (χ2n) is 6.57. The molecule has 1 atom stereocenters. The molecule has 7 nitrogen and oxygen atoms in total. The van der Waals surface area contributed by atoms with Gasteiger partial charge in [0.05, 0.1) is 18.1 Å². The minimum Gasteiger partial charge on any atom is -0.491 e. The van der Waals surface area contributed by atoms with E-state index < -0.39 is 5.91 Å². The lowest BCUT2D eigenvalue weighted by atomic mass is 10.0. The molecule has 3 rings (SSSR count). The van der Waals surface area contributed by atoms with Crippen LogP contribution in [0.15, 0.2) is 18.2 Å². The molecule has 0 saturated heterocycles. The van der Waals surface area contributed by atoms with Crippen molar-refractivity contribution >= 4 is 11.8 Å². The zero-order chi connectivity index (χ0) is 17.3. The van der Waals surface area contributed by atoms with Crippen molar-refractivity contribution in [3.63, 3.8) is 0 Å². The Morgan fingerprint density at radius 3 is 2.83 bits per heavy atom. The van der Waals surface area contributed by atoms with E-state index in [-0.39, 0.29) is 17.4 Å². The lowest BCUT2D eigenvalue weighted by molar-refractivity contribution is -0.142. The van der Waals surface area contributed by atoms with E-state index in [1.54, 1.807) is 30.8 Å². The Hall–Kier alpha value is -2.12. The van der Waals surface area contributed by atoms with Crippen molar-refractivity contribution in [3.05, 3.63) is 29.3 Å². The number of ether oxygens (including phenoxy) is 2. The van der Waals surface area contributed by atoms with Crippen LogP contribution in [0.1, 0.15) is 35.7 Å². The van der Waals surface area contributed by atoms with Gasteiger partial charge in [-0.2, -0.15) is 0 Å². The van der Waals surface area contributed by atoms with E-state index in [1.165, 1.54) is 0 Å². The Morgan fingerprint density at radius 2 is 2.21 bits per heavy atom. The third kappa shape index (κ3) is 2.97. The first-order valence-electron chi connectivity index (χ1n) is 8.01. The van der Waals surface area contributed by atoms with Gasteiger partial charge in [0.15, 0.2) is 0 Å². The second kappa shape index (κ2) is 6.41. The van der Waals surface area contributed by atoms with Crippen molar-refractivity contribution in [2.24, 2.45) is 5.41 Å². The molecule has 0 bridgehead atoms. The van der Waals surface area contributed by atoms with Gasteiger partial charge in [0, 0.05) is 24.8 Å². The molecule has 24 heavy (non-hydrogen) atoms. The largest absolute Gasteiger partial charge is 0.491 e. The number of nitrogens with zero attached hydrogens (tertiary/aromatic N) is 1. The Morgan fingerprint density at radius 1 is 1.46 bits per heavy atom. The first-order valence-corrected chi connectivity index (χ1v) is 8.01. The number of carbonyl (C=O) groups is 2. The van der Waals surface area contributed by atoms with Crippen LogP contribution in [0, 0.1) is 5.41 Å². The van der Waals surface area contributed by atoms with E-state index in [4.69, 9.17) is 14.7 Å². The molecule has 1 heterocycles. The Bertz CT molecular complexity index is 656. The van der Waals surface area contributed by atoms with Crippen LogP contribution in [0.3, 0.4) is 0 Å². The Kier molecular flexibility index (Phi) is 4.47. The monoisotopic (exact) mass is 334 g/mol. The van der Waals surface area contributed by atoms with E-state index in [0.717, 1.165) is 18.4 Å². The molecule has 1 aliphatic heterocycles. The standard InChI is InChI=1S/C17H22N2O5/c1-11-9-24-14-7-12(15(20)18-22)3-4-13(14)8-19(11)16(21)17(5-6-17)10-23-2/h3-4,7,11,22H,5-6,8-10H2,1-2H3,(H,18,20). The number of hydrogen-bond acceptors (Lipinski definition) is 5. The van der Waals surface area contributed by atoms with Gasteiger partial charge in [-0.3, -0.25) is 14.8 Å². The van der Waals surface area contributed by atoms with Crippen molar-refractivity contribution < 1.29 is 24.3 Å². The molecule has 1 aliphatic carbocycles. The van der Waals surface area contributed by atoms with E-state index in [1.807, 2.05) is 11.8 Å². The molecule has 1 fully saturated rings. The molecule has 2 N–H and O–H groups in total. The lowest BCUT2D eigenvalue weighted by Gasteiger charge is -2.30. The van der Waals surface area contributed by atoms with Crippen LogP contribution in [0.5, 0.6) is 5.75 Å². The number of benzene rings is 1. The topological polar surface area (TPSA) is 88.1 Å². The summed E-state index contributed by atoms with van der Waals surface area (Å²) in [6.45, 7) is 3.18. The summed E-state index contributed by atoms with van der Waals surface area (Å²) in [7, 11) is 1.62. The number of fused-ring (bicyclic) bond motifs is 1. The van der Waals surface area contributed by atoms with Crippen molar-refractivity contribution in [1.82, 2.24) is 10.4 Å². The Labute approximate surface area is 140 Å². The summed E-state index contributed by atoms with van der Waals surface area (Å²) in [4.78, 5) is 26.3. The SMILES string of the molecule is COCC1(C(=O)N2Cc3ccc(C(=O)NO)cc3OCC2C)CC1. The summed E-state index contributed by atoms with van der Waals surface area (Å²) in [5.41, 5.74) is 2.37. The summed E-state index contributed by atoms with van der Waals surface area (Å²) in [5.74, 6) is 0.0731. The fraction of sp³-hybridized carbons (Fsp3) is 0.529. The van der Waals surface area contributed by atoms with Crippen LogP contribution in [0.4, 0.5) is 0 Å². The van der Waals surface area contributed by atoms with E-state index in [9.17, 15) is 9.59 Å². The predicted molar refractivity (Wildman–Crippen MR) is 84.7 cm³/mol. The highest BCUT2D eigenvalue weighted by Gasteiger charge is 2.52. The molecule has 2 amide bonds. The maximum atomic E-state index is 13.0. The number of nitrogens with one attached hydrogen (secondary N) is 1. The Balaban J connectivity index is 1.84. The van der Waals surface area contributed by atoms with Crippen LogP contribution in [-0.2, 0) is 16.1 Å². The highest BCUT2D eigenvalue weighted by atomic mass is 16.5. The van der Waals surface area contributed by atoms with Crippen molar-refractivity contribution in [3.8, 4) is 5.75 Å². The summed E-state index contributed by atoms with van der Waals surface area (Å²) in [6.07, 6.45) is 1.71. The van der Waals surface area contributed by atoms with Crippen LogP contribution < -0.4 is 10.2 Å². The van der Waals surface area contributed by atoms with Gasteiger partial charge in [-0.05, 0) is 31.9 Å². The van der Waals surface area contributed by atoms with E-state index >= 15 is 0 Å². The van der Waals surface area contributed by atoms with Gasteiger partial charge in [0.25, 0.3) is 5.91 Å². The maximum Gasteiger partial charge on any atom is 0.274 e. The molecule has 0 spiro atoms. The number of amides is 2. The molecular formula is C17H22N2O5. The summed E-state index contributed by atoms with van der Waals surface area (Å²) in [5, 5.41) is 8.75. The molecule has 0 aromatic heterocycles. The number of methoxy groups -OCH3 is 1. The van der Waals surface area contributed by atoms with E-state index in [0.29, 0.717) is 31.1 Å². The fourth-order valence-corrected chi connectivity index (χ4v) is 3.09. The van der Waals surface area contributed by atoms with Gasteiger partial charge in [0.2, 0.25) is 5.91 Å². The molecule has 1 unspecified atom stereocenters. The molecule has 130 valence electrons. The zero-order valence-corrected chi connectivity index (χ0v) is 13.9. The van der Waals surface area contributed by atoms with Crippen LogP contribution in [0.2, 0.25) is 0 Å². The average molecular weight is 334 g/mol. The van der Waals surface area contributed by atoms with Gasteiger partial charge >= 0.3 is 0 Å². The zero-order valence-electron chi connectivity index (χ0n) is 13.9. The highest BCUT2D eigenvalue weighted by Crippen LogP contribution is 2.48. The number of hydroxylamine groups is 1. The quantitative estimate of drug-likeness (QED) is 0.641. The molecule has 1 aromatic rings. The van der Waals surface area contributed by atoms with Crippen molar-refractivity contribution in [1.29, 1.82) is 0 Å². The van der Waals surface area contributed by atoms with Crippen LogP contribution >= 0.6 is 0 Å². The fourth-order valence-electron chi connectivity index (χ4n) is 3.09. The minimum absolute atomic E-state index is 0.0747. The van der Waals surface area contributed by atoms with Gasteiger partial charge in [-0.25, -0.2) is 5.48 Å². The summed E-state index contributed by atoms with van der Waals surface area (Å²) >= 11 is 0. The van der Waals surface area contributed by atoms with Crippen LogP contribution in [-0.4, -0.2) is 48.3 Å². The maximum absolute atomic E-state index is 13.0. The van der Waals surface area contributed by atoms with E-state index in [2.05, 4.69) is 0 Å². The molecule has 7 heteroatoms. The third-order valence-corrected chi connectivity index (χ3v) is 4.77.